The molecule has 0 aromatic carbocycles. The fourth-order valence-electron chi connectivity index (χ4n) is 0.786. The Morgan fingerprint density at radius 3 is 3.09 bits per heavy atom. The van der Waals surface area contributed by atoms with E-state index >= 15 is 0 Å². The van der Waals surface area contributed by atoms with E-state index in [0.717, 1.165) is 5.82 Å². The molecule has 1 aromatic heterocycles. The van der Waals surface area contributed by atoms with Crippen molar-refractivity contribution in [3.05, 3.63) is 12.2 Å². The topological polar surface area (TPSA) is 58.6 Å². The van der Waals surface area contributed by atoms with Crippen LogP contribution in [0.15, 0.2) is 6.33 Å². The highest BCUT2D eigenvalue weighted by molar-refractivity contribution is 5.78. The lowest BCUT2D eigenvalue weighted by molar-refractivity contribution is -0.118. The standard InChI is InChI=1S/C7H11N3O/c1-2-6(11)3-4-7-8-5-9-10-7/h5H,2-4H2,1H3,(H,8,9,10). The summed E-state index contributed by atoms with van der Waals surface area (Å²) < 4.78 is 0. The zero-order valence-corrected chi connectivity index (χ0v) is 6.50. The molecule has 0 atom stereocenters. The normalized spacial score (nSPS) is 9.91. The molecule has 1 N–H and O–H groups in total. The molecule has 1 rings (SSSR count). The van der Waals surface area contributed by atoms with Gasteiger partial charge in [-0.1, -0.05) is 6.92 Å². The van der Waals surface area contributed by atoms with Crippen molar-refractivity contribution in [2.45, 2.75) is 26.2 Å². The van der Waals surface area contributed by atoms with E-state index in [1.54, 1.807) is 0 Å². The number of nitrogens with one attached hydrogen (secondary N) is 1. The van der Waals surface area contributed by atoms with Gasteiger partial charge < -0.3 is 0 Å². The summed E-state index contributed by atoms with van der Waals surface area (Å²) in [6, 6.07) is 0. The van der Waals surface area contributed by atoms with Crippen LogP contribution in [0, 0.1) is 0 Å². The van der Waals surface area contributed by atoms with Crippen LogP contribution in [-0.2, 0) is 11.2 Å². The van der Waals surface area contributed by atoms with Crippen LogP contribution in [0.4, 0.5) is 0 Å². The fraction of sp³-hybridized carbons (Fsp3) is 0.571. The molecule has 60 valence electrons. The number of hydrogen-bond acceptors (Lipinski definition) is 3. The van der Waals surface area contributed by atoms with Crippen molar-refractivity contribution in [1.29, 1.82) is 0 Å². The number of aryl methyl sites for hydroxylation is 1. The zero-order valence-electron chi connectivity index (χ0n) is 6.50. The summed E-state index contributed by atoms with van der Waals surface area (Å²) >= 11 is 0. The minimum absolute atomic E-state index is 0.265. The van der Waals surface area contributed by atoms with Crippen LogP contribution >= 0.6 is 0 Å². The number of carbonyl (C=O) groups excluding carboxylic acids is 1. The second kappa shape index (κ2) is 3.85. The molecular weight excluding hydrogens is 142 g/mol. The van der Waals surface area contributed by atoms with Crippen molar-refractivity contribution in [1.82, 2.24) is 15.2 Å². The fourth-order valence-corrected chi connectivity index (χ4v) is 0.786. The van der Waals surface area contributed by atoms with Crippen LogP contribution in [0.2, 0.25) is 0 Å². The van der Waals surface area contributed by atoms with Crippen molar-refractivity contribution in [3.8, 4) is 0 Å². The summed E-state index contributed by atoms with van der Waals surface area (Å²) in [5.41, 5.74) is 0. The van der Waals surface area contributed by atoms with Crippen LogP contribution in [0.3, 0.4) is 0 Å². The highest BCUT2D eigenvalue weighted by atomic mass is 16.1. The first-order valence-corrected chi connectivity index (χ1v) is 3.69. The molecule has 0 saturated heterocycles. The molecule has 4 nitrogen and oxygen atoms in total. The number of carbonyl (C=O) groups is 1. The second-order valence-corrected chi connectivity index (χ2v) is 2.32. The first kappa shape index (κ1) is 7.91. The van der Waals surface area contributed by atoms with E-state index < -0.39 is 0 Å². The third-order valence-electron chi connectivity index (χ3n) is 1.50. The Kier molecular flexibility index (Phi) is 2.77. The molecule has 0 bridgehead atoms. The number of Topliss-reactive ketones (excluding diaryl/α,β-unsaturated/α-hetero) is 1. The number of ketones is 1. The van der Waals surface area contributed by atoms with Gasteiger partial charge in [0.15, 0.2) is 0 Å². The molecule has 11 heavy (non-hydrogen) atoms. The van der Waals surface area contributed by atoms with E-state index in [9.17, 15) is 4.79 Å². The van der Waals surface area contributed by atoms with E-state index in [-0.39, 0.29) is 5.78 Å². The summed E-state index contributed by atoms with van der Waals surface area (Å²) in [6.45, 7) is 1.86. The van der Waals surface area contributed by atoms with Gasteiger partial charge in [0.1, 0.15) is 17.9 Å². The molecule has 0 saturated carbocycles. The summed E-state index contributed by atoms with van der Waals surface area (Å²) in [7, 11) is 0. The van der Waals surface area contributed by atoms with E-state index in [1.807, 2.05) is 6.92 Å². The highest BCUT2D eigenvalue weighted by Gasteiger charge is 2.00. The number of H-pyrrole nitrogens is 1. The van der Waals surface area contributed by atoms with Crippen LogP contribution < -0.4 is 0 Å². The van der Waals surface area contributed by atoms with Gasteiger partial charge in [0.05, 0.1) is 0 Å². The molecule has 0 aliphatic heterocycles. The Labute approximate surface area is 65.0 Å². The maximum absolute atomic E-state index is 10.8. The number of hydrogen-bond donors (Lipinski definition) is 1. The first-order chi connectivity index (χ1) is 5.33. The monoisotopic (exact) mass is 153 g/mol. The first-order valence-electron chi connectivity index (χ1n) is 3.69. The molecule has 1 aromatic rings. The molecule has 0 radical (unpaired) electrons. The minimum atomic E-state index is 0.265. The largest absolute Gasteiger partial charge is 0.300 e. The Bertz CT molecular complexity index is 218. The molecule has 0 unspecified atom stereocenters. The van der Waals surface area contributed by atoms with Crippen molar-refractivity contribution in [3.63, 3.8) is 0 Å². The van der Waals surface area contributed by atoms with E-state index in [4.69, 9.17) is 0 Å². The van der Waals surface area contributed by atoms with Crippen LogP contribution in [0.5, 0.6) is 0 Å². The summed E-state index contributed by atoms with van der Waals surface area (Å²) in [5.74, 6) is 1.05. The Hall–Kier alpha value is -1.19. The van der Waals surface area contributed by atoms with Gasteiger partial charge in [-0.05, 0) is 0 Å². The minimum Gasteiger partial charge on any atom is -0.300 e. The van der Waals surface area contributed by atoms with Crippen LogP contribution in [0.25, 0.3) is 0 Å². The van der Waals surface area contributed by atoms with Gasteiger partial charge in [-0.2, -0.15) is 5.10 Å². The number of nitrogens with zero attached hydrogens (tertiary/aromatic N) is 2. The molecule has 1 heterocycles. The van der Waals surface area contributed by atoms with Gasteiger partial charge in [0.2, 0.25) is 0 Å². The van der Waals surface area contributed by atoms with Gasteiger partial charge >= 0.3 is 0 Å². The van der Waals surface area contributed by atoms with Gasteiger partial charge in [-0.15, -0.1) is 0 Å². The highest BCUT2D eigenvalue weighted by Crippen LogP contribution is 1.96. The van der Waals surface area contributed by atoms with Crippen LogP contribution in [-0.4, -0.2) is 21.0 Å². The Morgan fingerprint density at radius 1 is 1.73 bits per heavy atom. The van der Waals surface area contributed by atoms with Gasteiger partial charge in [0.25, 0.3) is 0 Å². The Morgan fingerprint density at radius 2 is 2.55 bits per heavy atom. The van der Waals surface area contributed by atoms with Gasteiger partial charge in [-0.25, -0.2) is 4.98 Å². The molecular formula is C7H11N3O. The predicted octanol–water partition coefficient (Wildman–Crippen LogP) is 0.716. The average molecular weight is 153 g/mol. The second-order valence-electron chi connectivity index (χ2n) is 2.32. The van der Waals surface area contributed by atoms with Crippen molar-refractivity contribution in [2.75, 3.05) is 0 Å². The lowest BCUT2D eigenvalue weighted by atomic mass is 10.2. The third kappa shape index (κ3) is 2.49. The van der Waals surface area contributed by atoms with E-state index in [1.165, 1.54) is 6.33 Å². The zero-order chi connectivity index (χ0) is 8.10. The maximum atomic E-state index is 10.8. The van der Waals surface area contributed by atoms with Crippen molar-refractivity contribution >= 4 is 5.78 Å². The summed E-state index contributed by atoms with van der Waals surface area (Å²) in [6.07, 6.45) is 3.29. The molecule has 0 fully saturated rings. The lowest BCUT2D eigenvalue weighted by Gasteiger charge is -1.92. The molecule has 0 aliphatic rings. The van der Waals surface area contributed by atoms with Gasteiger partial charge in [0, 0.05) is 19.3 Å². The quantitative estimate of drug-likeness (QED) is 0.693. The predicted molar refractivity (Wildman–Crippen MR) is 40.0 cm³/mol. The molecule has 0 spiro atoms. The summed E-state index contributed by atoms with van der Waals surface area (Å²) in [5, 5.41) is 6.38. The Balaban J connectivity index is 2.29. The molecule has 0 aliphatic carbocycles. The molecule has 4 heteroatoms. The van der Waals surface area contributed by atoms with E-state index in [2.05, 4.69) is 15.2 Å². The maximum Gasteiger partial charge on any atom is 0.137 e. The number of aromatic amines is 1. The average Bonchev–Trinajstić information content (AvgIpc) is 2.52. The number of aromatic nitrogens is 3. The lowest BCUT2D eigenvalue weighted by Crippen LogP contribution is -1.98. The van der Waals surface area contributed by atoms with E-state index in [0.29, 0.717) is 19.3 Å². The smallest absolute Gasteiger partial charge is 0.137 e. The van der Waals surface area contributed by atoms with Crippen molar-refractivity contribution < 1.29 is 4.79 Å². The molecule has 0 amide bonds. The van der Waals surface area contributed by atoms with Gasteiger partial charge in [-0.3, -0.25) is 9.89 Å². The summed E-state index contributed by atoms with van der Waals surface area (Å²) in [4.78, 5) is 14.7. The SMILES string of the molecule is CCC(=O)CCc1ncn[nH]1. The van der Waals surface area contributed by atoms with Crippen molar-refractivity contribution in [2.24, 2.45) is 0 Å². The van der Waals surface area contributed by atoms with Crippen LogP contribution in [0.1, 0.15) is 25.6 Å². The number of rotatable bonds is 4. The third-order valence-corrected chi connectivity index (χ3v) is 1.50.